The molecular weight excluding hydrogens is 471 g/mol. The van der Waals surface area contributed by atoms with E-state index in [1.54, 1.807) is 12.1 Å². The molecule has 0 aromatic heterocycles. The van der Waals surface area contributed by atoms with E-state index >= 15 is 0 Å². The summed E-state index contributed by atoms with van der Waals surface area (Å²) in [7, 11) is 1.40. The number of halogens is 1. The second kappa shape index (κ2) is 10.6. The molecule has 1 N–H and O–H groups in total. The molecule has 196 valence electrons. The minimum Gasteiger partial charge on any atom is -0.469 e. The largest absolute Gasteiger partial charge is 0.469 e. The van der Waals surface area contributed by atoms with Crippen LogP contribution < -0.4 is 5.32 Å². The van der Waals surface area contributed by atoms with Gasteiger partial charge in [0.05, 0.1) is 18.4 Å². The zero-order chi connectivity index (χ0) is 26.0. The quantitative estimate of drug-likeness (QED) is 0.548. The van der Waals surface area contributed by atoms with E-state index in [9.17, 15) is 18.8 Å². The summed E-state index contributed by atoms with van der Waals surface area (Å²) < 4.78 is 18.2. The van der Waals surface area contributed by atoms with E-state index in [1.807, 2.05) is 17.0 Å². The van der Waals surface area contributed by atoms with Crippen LogP contribution in [0.15, 0.2) is 48.5 Å². The number of nitrogens with one attached hydrogen (secondary N) is 1. The van der Waals surface area contributed by atoms with Crippen LogP contribution in [0.4, 0.5) is 10.1 Å². The SMILES string of the molecule is COC(=O)C1CCCC(C(=O)Nc2ccc(C3CCN(C(=O)C4(c5ccc(F)cc5)CC4)CC3)cc2)C1. The summed E-state index contributed by atoms with van der Waals surface area (Å²) in [5.41, 5.74) is 2.44. The number of esters is 1. The number of likely N-dealkylation sites (tertiary alicyclic amines) is 1. The van der Waals surface area contributed by atoms with Crippen molar-refractivity contribution in [2.45, 2.75) is 62.7 Å². The molecule has 2 aliphatic carbocycles. The first-order chi connectivity index (χ1) is 17.9. The van der Waals surface area contributed by atoms with E-state index in [-0.39, 0.29) is 35.4 Å². The second-order valence-corrected chi connectivity index (χ2v) is 10.9. The van der Waals surface area contributed by atoms with Crippen molar-refractivity contribution in [1.29, 1.82) is 0 Å². The van der Waals surface area contributed by atoms with Crippen molar-refractivity contribution in [3.05, 3.63) is 65.5 Å². The molecule has 37 heavy (non-hydrogen) atoms. The number of carbonyl (C=O) groups is 3. The van der Waals surface area contributed by atoms with Gasteiger partial charge in [-0.3, -0.25) is 14.4 Å². The number of hydrogen-bond acceptors (Lipinski definition) is 4. The van der Waals surface area contributed by atoms with Crippen molar-refractivity contribution in [3.8, 4) is 0 Å². The van der Waals surface area contributed by atoms with Gasteiger partial charge in [0.15, 0.2) is 0 Å². The predicted octanol–water partition coefficient (Wildman–Crippen LogP) is 5.18. The number of rotatable bonds is 6. The van der Waals surface area contributed by atoms with Crippen LogP contribution in [0.1, 0.15) is 68.4 Å². The average Bonchev–Trinajstić information content (AvgIpc) is 3.75. The van der Waals surface area contributed by atoms with Crippen LogP contribution in [0.25, 0.3) is 0 Å². The van der Waals surface area contributed by atoms with Gasteiger partial charge in [-0.2, -0.15) is 0 Å². The maximum absolute atomic E-state index is 13.3. The highest BCUT2D eigenvalue weighted by molar-refractivity contribution is 5.93. The molecule has 5 rings (SSSR count). The minimum atomic E-state index is -0.463. The summed E-state index contributed by atoms with van der Waals surface area (Å²) in [5, 5.41) is 3.02. The number of amides is 2. The van der Waals surface area contributed by atoms with E-state index in [1.165, 1.54) is 24.8 Å². The lowest BCUT2D eigenvalue weighted by molar-refractivity contribution is -0.147. The number of hydrogen-bond donors (Lipinski definition) is 1. The fourth-order valence-corrected chi connectivity index (χ4v) is 6.13. The number of methoxy groups -OCH3 is 1. The standard InChI is InChI=1S/C30H35FN2O4/c1-37-28(35)23-4-2-3-22(19-23)27(34)32-26-11-5-20(6-12-26)21-13-17-33(18-14-21)29(36)30(15-16-30)24-7-9-25(31)10-8-24/h5-12,21-23H,2-4,13-19H2,1H3,(H,32,34). The molecule has 1 heterocycles. The van der Waals surface area contributed by atoms with E-state index in [0.717, 1.165) is 56.2 Å². The normalized spacial score (nSPS) is 23.2. The smallest absolute Gasteiger partial charge is 0.308 e. The molecule has 0 spiro atoms. The summed E-state index contributed by atoms with van der Waals surface area (Å²) in [6.07, 6.45) is 6.41. The maximum Gasteiger partial charge on any atom is 0.308 e. The molecule has 2 atom stereocenters. The first kappa shape index (κ1) is 25.4. The molecule has 2 amide bonds. The minimum absolute atomic E-state index is 0.0386. The van der Waals surface area contributed by atoms with Gasteiger partial charge < -0.3 is 15.0 Å². The lowest BCUT2D eigenvalue weighted by Gasteiger charge is -2.35. The fraction of sp³-hybridized carbons (Fsp3) is 0.500. The zero-order valence-corrected chi connectivity index (χ0v) is 21.4. The Labute approximate surface area is 217 Å². The summed E-state index contributed by atoms with van der Waals surface area (Å²) >= 11 is 0. The molecule has 2 unspecified atom stereocenters. The number of carbonyl (C=O) groups excluding carboxylic acids is 3. The second-order valence-electron chi connectivity index (χ2n) is 10.9. The summed E-state index contributed by atoms with van der Waals surface area (Å²) in [6, 6.07) is 14.4. The van der Waals surface area contributed by atoms with Crippen molar-refractivity contribution in [2.24, 2.45) is 11.8 Å². The lowest BCUT2D eigenvalue weighted by Crippen LogP contribution is -2.43. The molecule has 3 fully saturated rings. The van der Waals surface area contributed by atoms with Crippen molar-refractivity contribution in [1.82, 2.24) is 4.90 Å². The zero-order valence-electron chi connectivity index (χ0n) is 21.4. The third-order valence-corrected chi connectivity index (χ3v) is 8.57. The first-order valence-corrected chi connectivity index (χ1v) is 13.4. The molecule has 0 bridgehead atoms. The van der Waals surface area contributed by atoms with Crippen LogP contribution in [0.2, 0.25) is 0 Å². The molecular formula is C30H35FN2O4. The Balaban J connectivity index is 1.13. The van der Waals surface area contributed by atoms with Crippen LogP contribution in [0.5, 0.6) is 0 Å². The van der Waals surface area contributed by atoms with Gasteiger partial charge in [0.1, 0.15) is 5.82 Å². The van der Waals surface area contributed by atoms with Gasteiger partial charge in [0.2, 0.25) is 11.8 Å². The number of ether oxygens (including phenoxy) is 1. The third kappa shape index (κ3) is 5.41. The monoisotopic (exact) mass is 506 g/mol. The van der Waals surface area contributed by atoms with Crippen LogP contribution in [-0.4, -0.2) is 42.9 Å². The molecule has 3 aliphatic rings. The Morgan fingerprint density at radius 2 is 1.57 bits per heavy atom. The topological polar surface area (TPSA) is 75.7 Å². The van der Waals surface area contributed by atoms with Crippen LogP contribution in [-0.2, 0) is 24.5 Å². The lowest BCUT2D eigenvalue weighted by atomic mass is 9.81. The highest BCUT2D eigenvalue weighted by atomic mass is 19.1. The summed E-state index contributed by atoms with van der Waals surface area (Å²) in [5.74, 6) is -0.369. The van der Waals surface area contributed by atoms with Crippen LogP contribution in [0, 0.1) is 17.7 Å². The van der Waals surface area contributed by atoms with E-state index in [0.29, 0.717) is 25.4 Å². The van der Waals surface area contributed by atoms with Crippen molar-refractivity contribution < 1.29 is 23.5 Å². The molecule has 1 saturated heterocycles. The van der Waals surface area contributed by atoms with Gasteiger partial charge >= 0.3 is 5.97 Å². The highest BCUT2D eigenvalue weighted by Crippen LogP contribution is 2.50. The summed E-state index contributed by atoms with van der Waals surface area (Å²) in [6.45, 7) is 1.43. The van der Waals surface area contributed by atoms with Crippen molar-refractivity contribution >= 4 is 23.5 Å². The van der Waals surface area contributed by atoms with Crippen LogP contribution >= 0.6 is 0 Å². The van der Waals surface area contributed by atoms with Gasteiger partial charge in [-0.15, -0.1) is 0 Å². The average molecular weight is 507 g/mol. The van der Waals surface area contributed by atoms with Gasteiger partial charge in [-0.25, -0.2) is 4.39 Å². The number of anilines is 1. The molecule has 0 radical (unpaired) electrons. The van der Waals surface area contributed by atoms with Crippen LogP contribution in [0.3, 0.4) is 0 Å². The van der Waals surface area contributed by atoms with Crippen molar-refractivity contribution in [3.63, 3.8) is 0 Å². The number of nitrogens with zero attached hydrogens (tertiary/aromatic N) is 1. The number of benzene rings is 2. The highest BCUT2D eigenvalue weighted by Gasteiger charge is 2.53. The molecule has 2 aromatic rings. The molecule has 1 aliphatic heterocycles. The van der Waals surface area contributed by atoms with Gasteiger partial charge in [-0.05, 0) is 86.3 Å². The first-order valence-electron chi connectivity index (χ1n) is 13.4. The Hall–Kier alpha value is -3.22. The van der Waals surface area contributed by atoms with E-state index in [4.69, 9.17) is 4.74 Å². The summed E-state index contributed by atoms with van der Waals surface area (Å²) in [4.78, 5) is 40.0. The molecule has 2 aromatic carbocycles. The third-order valence-electron chi connectivity index (χ3n) is 8.57. The predicted molar refractivity (Wildman–Crippen MR) is 138 cm³/mol. The van der Waals surface area contributed by atoms with E-state index in [2.05, 4.69) is 17.4 Å². The van der Waals surface area contributed by atoms with Crippen molar-refractivity contribution in [2.75, 3.05) is 25.5 Å². The Morgan fingerprint density at radius 3 is 2.19 bits per heavy atom. The van der Waals surface area contributed by atoms with Gasteiger partial charge in [0, 0.05) is 24.7 Å². The Morgan fingerprint density at radius 1 is 0.919 bits per heavy atom. The molecule has 6 nitrogen and oxygen atoms in total. The molecule has 2 saturated carbocycles. The molecule has 7 heteroatoms. The Kier molecular flexibility index (Phi) is 7.31. The van der Waals surface area contributed by atoms with E-state index < -0.39 is 5.41 Å². The maximum atomic E-state index is 13.3. The fourth-order valence-electron chi connectivity index (χ4n) is 6.13. The Bertz CT molecular complexity index is 1140. The van der Waals surface area contributed by atoms with Gasteiger partial charge in [0.25, 0.3) is 0 Å². The van der Waals surface area contributed by atoms with Gasteiger partial charge in [-0.1, -0.05) is 30.7 Å². The number of piperidine rings is 1.